The zero-order chi connectivity index (χ0) is 6.99. The Morgan fingerprint density at radius 1 is 1.38 bits per heavy atom. The second-order valence-corrected chi connectivity index (χ2v) is 1.46. The van der Waals surface area contributed by atoms with E-state index in [1.807, 2.05) is 13.8 Å². The first-order valence-corrected chi connectivity index (χ1v) is 2.13. The van der Waals surface area contributed by atoms with Gasteiger partial charge in [-0.3, -0.25) is 0 Å². The predicted octanol–water partition coefficient (Wildman–Crippen LogP) is 0.258. The van der Waals surface area contributed by atoms with Crippen molar-refractivity contribution in [1.29, 1.82) is 0 Å². The summed E-state index contributed by atoms with van der Waals surface area (Å²) >= 11 is 0. The summed E-state index contributed by atoms with van der Waals surface area (Å²) in [5.74, 6) is 0.204. The molecule has 0 rings (SSSR count). The summed E-state index contributed by atoms with van der Waals surface area (Å²) in [5, 5.41) is 0. The van der Waals surface area contributed by atoms with Gasteiger partial charge in [-0.05, 0) is 0 Å². The number of hydrogen-bond donors (Lipinski definition) is 0. The molecule has 0 heterocycles. The molecular weight excluding hydrogens is 108 g/mol. The minimum atomic E-state index is 0.204. The summed E-state index contributed by atoms with van der Waals surface area (Å²) in [6, 6.07) is 0. The zero-order valence-corrected chi connectivity index (χ0v) is 4.88. The molecule has 0 aliphatic carbocycles. The quantitative estimate of drug-likeness (QED) is 0.461. The van der Waals surface area contributed by atoms with Crippen LogP contribution in [0.2, 0.25) is 0 Å². The van der Waals surface area contributed by atoms with E-state index in [1.54, 1.807) is 0 Å². The molecule has 3 heteroatoms. The fourth-order valence-corrected chi connectivity index (χ4v) is 0. The maximum Gasteiger partial charge on any atom is 0.373 e. The third kappa shape index (κ3) is 75.1. The van der Waals surface area contributed by atoms with Crippen molar-refractivity contribution in [2.45, 2.75) is 13.8 Å². The van der Waals surface area contributed by atoms with Crippen LogP contribution in [-0.2, 0) is 14.4 Å². The number of rotatable bonds is 1. The molecule has 0 spiro atoms. The summed E-state index contributed by atoms with van der Waals surface area (Å²) in [6.45, 7) is 3.71. The summed E-state index contributed by atoms with van der Waals surface area (Å²) in [4.78, 5) is 25.8. The fourth-order valence-electron chi connectivity index (χ4n) is 0. The van der Waals surface area contributed by atoms with Crippen LogP contribution >= 0.6 is 0 Å². The topological polar surface area (TPSA) is 51.2 Å². The van der Waals surface area contributed by atoms with Gasteiger partial charge < -0.3 is 4.79 Å². The Hall–Kier alpha value is -0.950. The molecule has 46 valence electrons. The van der Waals surface area contributed by atoms with E-state index in [0.717, 1.165) is 6.29 Å². The molecular formula is C5H8O3. The molecule has 0 aromatic rings. The van der Waals surface area contributed by atoms with Gasteiger partial charge in [-0.15, -0.1) is 0 Å². The SMILES string of the molecule is CC(C)C=O.O=C=O. The number of carbonyl (C=O) groups excluding carboxylic acids is 3. The second kappa shape index (κ2) is 9.41. The van der Waals surface area contributed by atoms with Gasteiger partial charge in [0, 0.05) is 5.92 Å². The predicted molar refractivity (Wildman–Crippen MR) is 25.9 cm³/mol. The summed E-state index contributed by atoms with van der Waals surface area (Å²) in [7, 11) is 0. The van der Waals surface area contributed by atoms with Gasteiger partial charge in [0.15, 0.2) is 0 Å². The Morgan fingerprint density at radius 2 is 1.50 bits per heavy atom. The van der Waals surface area contributed by atoms with Gasteiger partial charge in [0.1, 0.15) is 6.29 Å². The molecule has 0 bridgehead atoms. The van der Waals surface area contributed by atoms with Crippen molar-refractivity contribution >= 4 is 12.4 Å². The van der Waals surface area contributed by atoms with Crippen molar-refractivity contribution < 1.29 is 14.4 Å². The molecule has 0 aromatic heterocycles. The third-order valence-electron chi connectivity index (χ3n) is 0.272. The van der Waals surface area contributed by atoms with Crippen LogP contribution in [0, 0.1) is 5.92 Å². The van der Waals surface area contributed by atoms with Crippen LogP contribution in [0.25, 0.3) is 0 Å². The van der Waals surface area contributed by atoms with Crippen molar-refractivity contribution in [3.8, 4) is 0 Å². The van der Waals surface area contributed by atoms with E-state index in [4.69, 9.17) is 9.59 Å². The maximum atomic E-state index is 9.50. The molecule has 0 aliphatic heterocycles. The molecule has 0 fully saturated rings. The van der Waals surface area contributed by atoms with Crippen LogP contribution < -0.4 is 0 Å². The molecule has 0 aliphatic rings. The van der Waals surface area contributed by atoms with Crippen molar-refractivity contribution in [3.63, 3.8) is 0 Å². The Kier molecular flexibility index (Phi) is 11.9. The van der Waals surface area contributed by atoms with Gasteiger partial charge >= 0.3 is 6.15 Å². The Bertz CT molecular complexity index is 79.7. The lowest BCUT2D eigenvalue weighted by molar-refractivity contribution is -0.191. The molecule has 0 unspecified atom stereocenters. The van der Waals surface area contributed by atoms with E-state index in [1.165, 1.54) is 0 Å². The van der Waals surface area contributed by atoms with E-state index in [9.17, 15) is 4.79 Å². The Morgan fingerprint density at radius 3 is 1.50 bits per heavy atom. The minimum Gasteiger partial charge on any atom is -0.303 e. The molecule has 0 atom stereocenters. The fraction of sp³-hybridized carbons (Fsp3) is 0.600. The van der Waals surface area contributed by atoms with Gasteiger partial charge in [0.05, 0.1) is 0 Å². The molecule has 0 N–H and O–H groups in total. The zero-order valence-electron chi connectivity index (χ0n) is 4.88. The number of carbonyl (C=O) groups is 1. The number of hydrogen-bond acceptors (Lipinski definition) is 3. The average Bonchev–Trinajstić information content (AvgIpc) is 1.69. The van der Waals surface area contributed by atoms with Gasteiger partial charge in [-0.2, -0.15) is 9.59 Å². The van der Waals surface area contributed by atoms with E-state index in [2.05, 4.69) is 0 Å². The first-order chi connectivity index (χ1) is 3.68. The highest BCUT2D eigenvalue weighted by atomic mass is 16.2. The van der Waals surface area contributed by atoms with Gasteiger partial charge in [0.2, 0.25) is 0 Å². The largest absolute Gasteiger partial charge is 0.373 e. The molecule has 0 saturated carbocycles. The highest BCUT2D eigenvalue weighted by Crippen LogP contribution is 1.78. The summed E-state index contributed by atoms with van der Waals surface area (Å²) in [5.41, 5.74) is 0. The van der Waals surface area contributed by atoms with Crippen LogP contribution in [0.3, 0.4) is 0 Å². The average molecular weight is 116 g/mol. The normalized spacial score (nSPS) is 6.38. The first-order valence-electron chi connectivity index (χ1n) is 2.13. The van der Waals surface area contributed by atoms with E-state index in [-0.39, 0.29) is 12.1 Å². The van der Waals surface area contributed by atoms with E-state index >= 15 is 0 Å². The van der Waals surface area contributed by atoms with Crippen LogP contribution in [0.4, 0.5) is 0 Å². The van der Waals surface area contributed by atoms with Crippen molar-refractivity contribution in [3.05, 3.63) is 0 Å². The Labute approximate surface area is 47.7 Å². The van der Waals surface area contributed by atoms with Gasteiger partial charge in [-0.1, -0.05) is 13.8 Å². The van der Waals surface area contributed by atoms with E-state index < -0.39 is 0 Å². The third-order valence-corrected chi connectivity index (χ3v) is 0.272. The highest BCUT2D eigenvalue weighted by molar-refractivity contribution is 5.51. The number of aldehydes is 1. The molecule has 3 nitrogen and oxygen atoms in total. The van der Waals surface area contributed by atoms with Gasteiger partial charge in [-0.25, -0.2) is 0 Å². The molecule has 0 saturated heterocycles. The minimum absolute atomic E-state index is 0.204. The van der Waals surface area contributed by atoms with Crippen LogP contribution in [-0.4, -0.2) is 12.4 Å². The lowest BCUT2D eigenvalue weighted by Gasteiger charge is -1.78. The van der Waals surface area contributed by atoms with Crippen LogP contribution in [0.1, 0.15) is 13.8 Å². The first kappa shape index (κ1) is 10.1. The van der Waals surface area contributed by atoms with Crippen molar-refractivity contribution in [2.75, 3.05) is 0 Å². The monoisotopic (exact) mass is 116 g/mol. The summed E-state index contributed by atoms with van der Waals surface area (Å²) in [6.07, 6.45) is 1.17. The molecule has 0 radical (unpaired) electrons. The van der Waals surface area contributed by atoms with Crippen molar-refractivity contribution in [2.24, 2.45) is 5.92 Å². The molecule has 0 aromatic carbocycles. The molecule has 8 heavy (non-hydrogen) atoms. The maximum absolute atomic E-state index is 9.50. The Balaban J connectivity index is 0. The second-order valence-electron chi connectivity index (χ2n) is 1.46. The van der Waals surface area contributed by atoms with E-state index in [0.29, 0.717) is 0 Å². The highest BCUT2D eigenvalue weighted by Gasteiger charge is 1.79. The lowest BCUT2D eigenvalue weighted by atomic mass is 10.3. The summed E-state index contributed by atoms with van der Waals surface area (Å²) < 4.78 is 0. The van der Waals surface area contributed by atoms with Crippen LogP contribution in [0.5, 0.6) is 0 Å². The standard InChI is InChI=1S/C4H8O.CO2/c1-4(2)3-5;2-1-3/h3-4H,1-2H3;. The lowest BCUT2D eigenvalue weighted by Crippen LogP contribution is -1.82. The smallest absolute Gasteiger partial charge is 0.303 e. The van der Waals surface area contributed by atoms with Crippen molar-refractivity contribution in [1.82, 2.24) is 0 Å². The van der Waals surface area contributed by atoms with Gasteiger partial charge in [0.25, 0.3) is 0 Å². The van der Waals surface area contributed by atoms with Crippen LogP contribution in [0.15, 0.2) is 0 Å². The molecule has 0 amide bonds.